The summed E-state index contributed by atoms with van der Waals surface area (Å²) in [6.45, 7) is -0.236. The zero-order chi connectivity index (χ0) is 9.14. The number of esters is 1. The lowest BCUT2D eigenvalue weighted by Gasteiger charge is -2.09. The highest BCUT2D eigenvalue weighted by Crippen LogP contribution is 2.03. The summed E-state index contributed by atoms with van der Waals surface area (Å²) in [6.07, 6.45) is 0. The molecular weight excluding hydrogens is 165 g/mol. The van der Waals surface area contributed by atoms with E-state index in [1.165, 1.54) is 7.11 Å². The van der Waals surface area contributed by atoms with E-state index in [1.54, 1.807) is 0 Å². The molecular formula is C5H8BNO5. The Morgan fingerprint density at radius 2 is 2.58 bits per heavy atom. The van der Waals surface area contributed by atoms with Crippen LogP contribution >= 0.6 is 0 Å². The third-order valence-electron chi connectivity index (χ3n) is 1.44. The Bertz CT molecular complexity index is 208. The Labute approximate surface area is 69.2 Å². The van der Waals surface area contributed by atoms with Crippen molar-refractivity contribution in [2.75, 3.05) is 20.2 Å². The quantitative estimate of drug-likeness (QED) is 0.384. The molecule has 0 saturated carbocycles. The fourth-order valence-electron chi connectivity index (χ4n) is 0.838. The Kier molecular flexibility index (Phi) is 2.67. The number of rotatable bonds is 2. The standard InChI is InChI=1S/C5H8BNO5/c1-11-4(8)2-7-3-5(9)12-6(7)10/h10H,2-3H2,1H3. The van der Waals surface area contributed by atoms with E-state index in [-0.39, 0.29) is 13.1 Å². The summed E-state index contributed by atoms with van der Waals surface area (Å²) in [5.41, 5.74) is 0. The highest BCUT2D eigenvalue weighted by Gasteiger charge is 2.38. The van der Waals surface area contributed by atoms with Crippen LogP contribution in [0, 0.1) is 0 Å². The molecule has 0 aromatic heterocycles. The van der Waals surface area contributed by atoms with Gasteiger partial charge in [0, 0.05) is 0 Å². The van der Waals surface area contributed by atoms with Gasteiger partial charge in [0.25, 0.3) is 0 Å². The number of carbonyl (C=O) groups is 2. The van der Waals surface area contributed by atoms with E-state index in [0.29, 0.717) is 0 Å². The minimum atomic E-state index is -1.32. The second-order valence-corrected chi connectivity index (χ2v) is 2.30. The molecule has 1 saturated heterocycles. The average Bonchev–Trinajstić information content (AvgIpc) is 2.30. The van der Waals surface area contributed by atoms with E-state index in [2.05, 4.69) is 9.39 Å². The maximum atomic E-state index is 10.7. The molecule has 0 radical (unpaired) electrons. The molecule has 0 atom stereocenters. The molecule has 0 unspecified atom stereocenters. The van der Waals surface area contributed by atoms with Crippen LogP contribution in [0.1, 0.15) is 0 Å². The zero-order valence-corrected chi connectivity index (χ0v) is 6.52. The van der Waals surface area contributed by atoms with Crippen molar-refractivity contribution in [2.24, 2.45) is 0 Å². The molecule has 12 heavy (non-hydrogen) atoms. The summed E-state index contributed by atoms with van der Waals surface area (Å²) >= 11 is 0. The van der Waals surface area contributed by atoms with Crippen molar-refractivity contribution in [1.29, 1.82) is 0 Å². The number of methoxy groups -OCH3 is 1. The van der Waals surface area contributed by atoms with E-state index in [0.717, 1.165) is 4.81 Å². The first-order valence-corrected chi connectivity index (χ1v) is 3.32. The van der Waals surface area contributed by atoms with Crippen LogP contribution < -0.4 is 0 Å². The minimum absolute atomic E-state index is 0.0870. The van der Waals surface area contributed by atoms with Crippen LogP contribution in [-0.4, -0.2) is 49.2 Å². The van der Waals surface area contributed by atoms with E-state index < -0.39 is 19.2 Å². The van der Waals surface area contributed by atoms with Crippen molar-refractivity contribution in [3.63, 3.8) is 0 Å². The van der Waals surface area contributed by atoms with Gasteiger partial charge < -0.3 is 14.4 Å². The first-order valence-electron chi connectivity index (χ1n) is 3.32. The second kappa shape index (κ2) is 3.55. The molecule has 6 nitrogen and oxygen atoms in total. The first-order chi connectivity index (χ1) is 5.63. The molecule has 7 heteroatoms. The van der Waals surface area contributed by atoms with Gasteiger partial charge in [-0.2, -0.15) is 0 Å². The maximum absolute atomic E-state index is 10.7. The molecule has 1 heterocycles. The number of nitrogens with zero attached hydrogens (tertiary/aromatic N) is 1. The summed E-state index contributed by atoms with van der Waals surface area (Å²) < 4.78 is 8.69. The molecule has 1 aliphatic rings. The lowest BCUT2D eigenvalue weighted by atomic mass is 10.1. The molecule has 1 fully saturated rings. The Morgan fingerprint density at radius 3 is 3.00 bits per heavy atom. The first kappa shape index (κ1) is 9.02. The summed E-state index contributed by atoms with van der Waals surface area (Å²) in [7, 11) is -0.0930. The Balaban J connectivity index is 2.42. The van der Waals surface area contributed by atoms with E-state index in [1.807, 2.05) is 0 Å². The van der Waals surface area contributed by atoms with Crippen molar-refractivity contribution in [1.82, 2.24) is 4.81 Å². The molecule has 1 N–H and O–H groups in total. The van der Waals surface area contributed by atoms with E-state index in [9.17, 15) is 9.59 Å². The lowest BCUT2D eigenvalue weighted by Crippen LogP contribution is -2.39. The maximum Gasteiger partial charge on any atom is 0.629 e. The molecule has 0 amide bonds. The molecule has 0 aliphatic carbocycles. The van der Waals surface area contributed by atoms with Crippen LogP contribution in [-0.2, 0) is 19.0 Å². The summed E-state index contributed by atoms with van der Waals surface area (Å²) in [5.74, 6) is -1.07. The summed E-state index contributed by atoms with van der Waals surface area (Å²) in [6, 6.07) is 0. The predicted molar refractivity (Wildman–Crippen MR) is 37.7 cm³/mol. The van der Waals surface area contributed by atoms with Gasteiger partial charge in [-0.25, -0.2) is 0 Å². The molecule has 1 aliphatic heterocycles. The molecule has 0 spiro atoms. The van der Waals surface area contributed by atoms with Crippen LogP contribution in [0.5, 0.6) is 0 Å². The van der Waals surface area contributed by atoms with Gasteiger partial charge in [0.15, 0.2) is 0 Å². The number of hydrogen-bond donors (Lipinski definition) is 1. The average molecular weight is 173 g/mol. The molecule has 1 rings (SSSR count). The van der Waals surface area contributed by atoms with Crippen LogP contribution in [0.3, 0.4) is 0 Å². The van der Waals surface area contributed by atoms with Gasteiger partial charge in [-0.15, -0.1) is 0 Å². The van der Waals surface area contributed by atoms with Crippen molar-refractivity contribution >= 4 is 19.2 Å². The van der Waals surface area contributed by atoms with Gasteiger partial charge >= 0.3 is 19.2 Å². The van der Waals surface area contributed by atoms with Crippen molar-refractivity contribution in [3.05, 3.63) is 0 Å². The predicted octanol–water partition coefficient (Wildman–Crippen LogP) is -2.00. The highest BCUT2D eigenvalue weighted by atomic mass is 16.6. The van der Waals surface area contributed by atoms with E-state index in [4.69, 9.17) is 5.02 Å². The van der Waals surface area contributed by atoms with Crippen LogP contribution in [0.4, 0.5) is 0 Å². The Hall–Kier alpha value is -1.08. The van der Waals surface area contributed by atoms with Gasteiger partial charge in [0.1, 0.15) is 0 Å². The molecule has 0 aromatic carbocycles. The van der Waals surface area contributed by atoms with Crippen LogP contribution in [0.15, 0.2) is 0 Å². The largest absolute Gasteiger partial charge is 0.629 e. The third kappa shape index (κ3) is 1.96. The summed E-state index contributed by atoms with van der Waals surface area (Å²) in [5, 5.41) is 8.98. The third-order valence-corrected chi connectivity index (χ3v) is 1.44. The Morgan fingerprint density at radius 1 is 1.92 bits per heavy atom. The SMILES string of the molecule is COC(=O)CN1CC(=O)OB1O. The second-order valence-electron chi connectivity index (χ2n) is 2.30. The lowest BCUT2D eigenvalue weighted by molar-refractivity contribution is -0.140. The van der Waals surface area contributed by atoms with E-state index >= 15 is 0 Å². The topological polar surface area (TPSA) is 76.1 Å². The summed E-state index contributed by atoms with van der Waals surface area (Å²) in [4.78, 5) is 22.4. The highest BCUT2D eigenvalue weighted by molar-refractivity contribution is 6.45. The van der Waals surface area contributed by atoms with Gasteiger partial charge in [-0.3, -0.25) is 14.4 Å². The smallest absolute Gasteiger partial charge is 0.495 e. The van der Waals surface area contributed by atoms with Crippen molar-refractivity contribution < 1.29 is 24.0 Å². The number of carbonyl (C=O) groups excluding carboxylic acids is 2. The zero-order valence-electron chi connectivity index (χ0n) is 6.52. The van der Waals surface area contributed by atoms with Gasteiger partial charge in [0.05, 0.1) is 20.2 Å². The minimum Gasteiger partial charge on any atom is -0.495 e. The van der Waals surface area contributed by atoms with Crippen LogP contribution in [0.2, 0.25) is 0 Å². The van der Waals surface area contributed by atoms with Crippen molar-refractivity contribution in [2.45, 2.75) is 0 Å². The van der Waals surface area contributed by atoms with Crippen LogP contribution in [0.25, 0.3) is 0 Å². The monoisotopic (exact) mass is 173 g/mol. The fourth-order valence-corrected chi connectivity index (χ4v) is 0.838. The number of hydrogen-bond acceptors (Lipinski definition) is 6. The van der Waals surface area contributed by atoms with Gasteiger partial charge in [-0.05, 0) is 0 Å². The fraction of sp³-hybridized carbons (Fsp3) is 0.600. The molecule has 66 valence electrons. The molecule has 0 bridgehead atoms. The van der Waals surface area contributed by atoms with Crippen molar-refractivity contribution in [3.8, 4) is 0 Å². The van der Waals surface area contributed by atoms with Gasteiger partial charge in [-0.1, -0.05) is 0 Å². The normalized spacial score (nSPS) is 17.8. The van der Waals surface area contributed by atoms with Gasteiger partial charge in [0.2, 0.25) is 0 Å². The number of ether oxygens (including phenoxy) is 1. The molecule has 0 aromatic rings.